The number of benzene rings is 1. The number of aromatic amines is 1. The van der Waals surface area contributed by atoms with Gasteiger partial charge in [-0.15, -0.1) is 0 Å². The summed E-state index contributed by atoms with van der Waals surface area (Å²) in [5.41, 5.74) is 1.51. The van der Waals surface area contributed by atoms with Gasteiger partial charge in [-0.2, -0.15) is 0 Å². The third-order valence-corrected chi connectivity index (χ3v) is 5.55. The maximum Gasteiger partial charge on any atom is 0.341 e. The molecule has 2 rings (SSSR count). The first-order valence-electron chi connectivity index (χ1n) is 8.32. The summed E-state index contributed by atoms with van der Waals surface area (Å²) in [6.07, 6.45) is 0. The third kappa shape index (κ3) is 4.42. The Kier molecular flexibility index (Phi) is 6.50. The average molecular weight is 396 g/mol. The van der Waals surface area contributed by atoms with Crippen LogP contribution in [0.25, 0.3) is 0 Å². The number of nitrogens with one attached hydrogen (secondary N) is 2. The number of hydrogen-bond donors (Lipinski definition) is 2. The predicted molar refractivity (Wildman–Crippen MR) is 99.8 cm³/mol. The number of esters is 1. The number of aryl methyl sites for hydroxylation is 2. The van der Waals surface area contributed by atoms with Crippen LogP contribution in [0.2, 0.25) is 0 Å². The van der Waals surface area contributed by atoms with Crippen LogP contribution in [0.3, 0.4) is 0 Å². The van der Waals surface area contributed by atoms with E-state index >= 15 is 0 Å². The van der Waals surface area contributed by atoms with Crippen molar-refractivity contribution in [3.05, 3.63) is 40.7 Å². The third-order valence-electron chi connectivity index (χ3n) is 3.98. The maximum absolute atomic E-state index is 12.9. The Labute approximate surface area is 158 Å². The molecule has 0 bridgehead atoms. The highest BCUT2D eigenvalue weighted by Gasteiger charge is 2.29. The molecular weight excluding hydrogens is 372 g/mol. The van der Waals surface area contributed by atoms with Gasteiger partial charge in [0.2, 0.25) is 10.0 Å². The summed E-state index contributed by atoms with van der Waals surface area (Å²) in [5, 5.41) is 0. The van der Waals surface area contributed by atoms with E-state index in [1.807, 2.05) is 0 Å². The zero-order valence-corrected chi connectivity index (χ0v) is 16.8. The lowest BCUT2D eigenvalue weighted by Crippen LogP contribution is -2.25. The van der Waals surface area contributed by atoms with Gasteiger partial charge in [0.25, 0.3) is 0 Å². The SMILES string of the molecule is CCOC(=O)c1c(C)[nH]c(C)c1S(=O)(=O)NCc1ccc(OC)c(OC)c1. The Morgan fingerprint density at radius 3 is 2.37 bits per heavy atom. The van der Waals surface area contributed by atoms with Gasteiger partial charge in [-0.05, 0) is 38.5 Å². The molecule has 0 amide bonds. The largest absolute Gasteiger partial charge is 0.493 e. The number of rotatable bonds is 8. The quantitative estimate of drug-likeness (QED) is 0.663. The van der Waals surface area contributed by atoms with E-state index in [2.05, 4.69) is 9.71 Å². The Morgan fingerprint density at radius 1 is 1.11 bits per heavy atom. The van der Waals surface area contributed by atoms with Crippen molar-refractivity contribution in [3.8, 4) is 11.5 Å². The van der Waals surface area contributed by atoms with E-state index in [0.29, 0.717) is 28.5 Å². The van der Waals surface area contributed by atoms with E-state index in [1.54, 1.807) is 39.0 Å². The number of H-pyrrole nitrogens is 1. The first-order chi connectivity index (χ1) is 12.7. The second-order valence-corrected chi connectivity index (χ2v) is 7.52. The van der Waals surface area contributed by atoms with Gasteiger partial charge >= 0.3 is 5.97 Å². The molecule has 0 saturated carbocycles. The fraction of sp³-hybridized carbons (Fsp3) is 0.389. The molecular formula is C18H24N2O6S. The lowest BCUT2D eigenvalue weighted by molar-refractivity contribution is 0.0521. The molecule has 27 heavy (non-hydrogen) atoms. The van der Waals surface area contributed by atoms with Crippen LogP contribution >= 0.6 is 0 Å². The van der Waals surface area contributed by atoms with Crippen LogP contribution in [0.1, 0.15) is 34.2 Å². The molecule has 0 unspecified atom stereocenters. The second kappa shape index (κ2) is 8.45. The Bertz CT molecular complexity index is 934. The van der Waals surface area contributed by atoms with E-state index in [0.717, 1.165) is 0 Å². The van der Waals surface area contributed by atoms with E-state index in [1.165, 1.54) is 14.2 Å². The van der Waals surface area contributed by atoms with Crippen molar-refractivity contribution in [2.45, 2.75) is 32.2 Å². The molecule has 2 aromatic rings. The van der Waals surface area contributed by atoms with Crippen molar-refractivity contribution in [2.24, 2.45) is 0 Å². The van der Waals surface area contributed by atoms with Crippen LogP contribution in [0.5, 0.6) is 11.5 Å². The summed E-state index contributed by atoms with van der Waals surface area (Å²) in [4.78, 5) is 15.0. The monoisotopic (exact) mass is 396 g/mol. The van der Waals surface area contributed by atoms with Gasteiger partial charge in [-0.3, -0.25) is 0 Å². The Morgan fingerprint density at radius 2 is 1.78 bits per heavy atom. The summed E-state index contributed by atoms with van der Waals surface area (Å²) in [7, 11) is -0.926. The molecule has 0 aliphatic heterocycles. The van der Waals surface area contributed by atoms with Crippen molar-refractivity contribution < 1.29 is 27.4 Å². The normalized spacial score (nSPS) is 11.3. The molecule has 0 radical (unpaired) electrons. The van der Waals surface area contributed by atoms with E-state index < -0.39 is 16.0 Å². The average Bonchev–Trinajstić information content (AvgIpc) is 2.94. The summed E-state index contributed by atoms with van der Waals surface area (Å²) in [6, 6.07) is 5.10. The van der Waals surface area contributed by atoms with E-state index in [4.69, 9.17) is 14.2 Å². The van der Waals surface area contributed by atoms with Crippen molar-refractivity contribution in [2.75, 3.05) is 20.8 Å². The Hall–Kier alpha value is -2.52. The number of ether oxygens (including phenoxy) is 3. The summed E-state index contributed by atoms with van der Waals surface area (Å²) in [5.74, 6) is 0.367. The summed E-state index contributed by atoms with van der Waals surface area (Å²) >= 11 is 0. The van der Waals surface area contributed by atoms with Gasteiger partial charge in [-0.25, -0.2) is 17.9 Å². The molecule has 0 fully saturated rings. The minimum atomic E-state index is -3.95. The molecule has 8 nitrogen and oxygen atoms in total. The van der Waals surface area contributed by atoms with Crippen molar-refractivity contribution in [3.63, 3.8) is 0 Å². The van der Waals surface area contributed by atoms with Crippen molar-refractivity contribution in [1.29, 1.82) is 0 Å². The van der Waals surface area contributed by atoms with Gasteiger partial charge < -0.3 is 19.2 Å². The van der Waals surface area contributed by atoms with Gasteiger partial charge in [-0.1, -0.05) is 6.07 Å². The van der Waals surface area contributed by atoms with Crippen LogP contribution in [0.4, 0.5) is 0 Å². The van der Waals surface area contributed by atoms with Gasteiger partial charge in [0.1, 0.15) is 10.5 Å². The number of hydrogen-bond acceptors (Lipinski definition) is 6. The molecule has 0 spiro atoms. The minimum Gasteiger partial charge on any atom is -0.493 e. The fourth-order valence-corrected chi connectivity index (χ4v) is 4.24. The van der Waals surface area contributed by atoms with E-state index in [-0.39, 0.29) is 23.6 Å². The molecule has 9 heteroatoms. The molecule has 2 N–H and O–H groups in total. The molecule has 0 atom stereocenters. The molecule has 1 aromatic heterocycles. The number of methoxy groups -OCH3 is 2. The molecule has 1 heterocycles. The highest BCUT2D eigenvalue weighted by atomic mass is 32.2. The topological polar surface area (TPSA) is 107 Å². The standard InChI is InChI=1S/C18H24N2O6S/c1-6-26-18(21)16-11(2)20-12(3)17(16)27(22,23)19-10-13-7-8-14(24-4)15(9-13)25-5/h7-9,19-20H,6,10H2,1-5H3. The van der Waals surface area contributed by atoms with Crippen LogP contribution in [-0.2, 0) is 21.3 Å². The molecule has 0 saturated heterocycles. The van der Waals surface area contributed by atoms with Gasteiger partial charge in [0, 0.05) is 17.9 Å². The lowest BCUT2D eigenvalue weighted by Gasteiger charge is -2.12. The Balaban J connectivity index is 2.31. The molecule has 0 aliphatic rings. The number of aromatic nitrogens is 1. The maximum atomic E-state index is 12.9. The number of carbonyl (C=O) groups excluding carboxylic acids is 1. The highest BCUT2D eigenvalue weighted by molar-refractivity contribution is 7.89. The first kappa shape index (κ1) is 20.8. The van der Waals surface area contributed by atoms with E-state index in [9.17, 15) is 13.2 Å². The van der Waals surface area contributed by atoms with Gasteiger partial charge in [0.05, 0.1) is 20.8 Å². The zero-order chi connectivity index (χ0) is 20.2. The predicted octanol–water partition coefficient (Wildman–Crippen LogP) is 2.30. The van der Waals surface area contributed by atoms with Crippen LogP contribution in [-0.4, -0.2) is 40.2 Å². The van der Waals surface area contributed by atoms with Gasteiger partial charge in [0.15, 0.2) is 11.5 Å². The fourth-order valence-electron chi connectivity index (χ4n) is 2.78. The van der Waals surface area contributed by atoms with Crippen LogP contribution in [0, 0.1) is 13.8 Å². The summed E-state index contributed by atoms with van der Waals surface area (Å²) < 4.78 is 43.6. The van der Waals surface area contributed by atoms with Crippen molar-refractivity contribution in [1.82, 2.24) is 9.71 Å². The smallest absolute Gasteiger partial charge is 0.341 e. The first-order valence-corrected chi connectivity index (χ1v) is 9.80. The lowest BCUT2D eigenvalue weighted by atomic mass is 10.2. The molecule has 148 valence electrons. The summed E-state index contributed by atoms with van der Waals surface area (Å²) in [6.45, 7) is 5.07. The van der Waals surface area contributed by atoms with Crippen molar-refractivity contribution >= 4 is 16.0 Å². The second-order valence-electron chi connectivity index (χ2n) is 5.81. The number of carbonyl (C=O) groups is 1. The van der Waals surface area contributed by atoms with Crippen LogP contribution in [0.15, 0.2) is 23.1 Å². The molecule has 1 aromatic carbocycles. The highest BCUT2D eigenvalue weighted by Crippen LogP contribution is 2.28. The number of sulfonamides is 1. The van der Waals surface area contributed by atoms with Crippen LogP contribution < -0.4 is 14.2 Å². The zero-order valence-electron chi connectivity index (χ0n) is 16.0. The minimum absolute atomic E-state index is 0.0224. The molecule has 0 aliphatic carbocycles.